The molecule has 0 spiro atoms. The number of rotatable bonds is 7. The Balaban J connectivity index is 0.00000220. The maximum atomic E-state index is 13.8. The Kier molecular flexibility index (Phi) is 11.3. The summed E-state index contributed by atoms with van der Waals surface area (Å²) in [4.78, 5) is 24.9. The van der Waals surface area contributed by atoms with E-state index in [4.69, 9.17) is 9.72 Å². The minimum Gasteiger partial charge on any atom is -0.378 e. The van der Waals surface area contributed by atoms with Crippen LogP contribution in [-0.2, 0) is 21.4 Å². The number of halogens is 4. The van der Waals surface area contributed by atoms with E-state index in [0.717, 1.165) is 35.6 Å². The molecule has 0 radical (unpaired) electrons. The number of anilines is 1. The number of nitrogens with one attached hydrogen (secondary N) is 1. The van der Waals surface area contributed by atoms with Crippen molar-refractivity contribution in [3.8, 4) is 0 Å². The highest BCUT2D eigenvalue weighted by molar-refractivity contribution is 5.97. The van der Waals surface area contributed by atoms with Crippen molar-refractivity contribution in [1.82, 2.24) is 20.1 Å². The van der Waals surface area contributed by atoms with Gasteiger partial charge in [0.05, 0.1) is 37.2 Å². The Morgan fingerprint density at radius 1 is 1.15 bits per heavy atom. The normalized spacial score (nSPS) is 24.6. The van der Waals surface area contributed by atoms with Crippen molar-refractivity contribution in [3.05, 3.63) is 59.2 Å². The molecule has 1 aromatic carbocycles. The zero-order valence-corrected chi connectivity index (χ0v) is 25.1. The van der Waals surface area contributed by atoms with E-state index in [1.807, 2.05) is 11.1 Å². The van der Waals surface area contributed by atoms with Gasteiger partial charge < -0.3 is 15.0 Å². The third-order valence-corrected chi connectivity index (χ3v) is 8.07. The smallest absolute Gasteiger partial charge is 0.241 e. The lowest BCUT2D eigenvalue weighted by Gasteiger charge is -2.44. The summed E-state index contributed by atoms with van der Waals surface area (Å²) in [7, 11) is 0. The second-order valence-corrected chi connectivity index (χ2v) is 11.6. The zero-order chi connectivity index (χ0) is 26.9. The van der Waals surface area contributed by atoms with Crippen molar-refractivity contribution in [2.45, 2.75) is 50.7 Å². The number of fused-ring (bicyclic) bond motifs is 1. The molecule has 3 aliphatic rings. The molecule has 2 aromatic rings. The van der Waals surface area contributed by atoms with Crippen molar-refractivity contribution in [2.24, 2.45) is 0 Å². The van der Waals surface area contributed by atoms with Gasteiger partial charge in [-0.15, -0.1) is 24.8 Å². The maximum absolute atomic E-state index is 13.8. The molecular weight excluding hydrogens is 559 g/mol. The minimum absolute atomic E-state index is 0. The second kappa shape index (κ2) is 13.9. The molecule has 7 nitrogen and oxygen atoms in total. The standard InChI is InChI=1S/C29H39F2N5O2.2ClH/c1-20-15-35(25(14-32-20)16-34-8-9-38-18-24(34)12-30)17-27(37)36-19-29(2,3)28-26(36)11-22(13-33-28)10-21-4-6-23(31)7-5-21;;/h4-7,11,13,20,24-25,32H,8-10,12,14-19H2,1-3H3;2*1H/t20-,24-,25-;;/m1../s1. The number of morpholine rings is 1. The number of alkyl halides is 1. The fourth-order valence-corrected chi connectivity index (χ4v) is 5.94. The molecule has 1 N–H and O–H groups in total. The summed E-state index contributed by atoms with van der Waals surface area (Å²) in [6, 6.07) is 8.71. The van der Waals surface area contributed by atoms with Crippen molar-refractivity contribution in [2.75, 3.05) is 64.1 Å². The Bertz CT molecular complexity index is 1140. The summed E-state index contributed by atoms with van der Waals surface area (Å²) in [5.41, 5.74) is 3.53. The fraction of sp³-hybridized carbons (Fsp3) is 0.586. The highest BCUT2D eigenvalue weighted by atomic mass is 35.5. The lowest BCUT2D eigenvalue weighted by atomic mass is 9.91. The zero-order valence-electron chi connectivity index (χ0n) is 23.4. The third-order valence-electron chi connectivity index (χ3n) is 8.07. The SMILES string of the molecule is C[C@@H]1CN(CC(=O)N2CC(C)(C)c3ncc(Cc4ccc(F)cc4)cc32)[C@@H](CN2CCOC[C@H]2CF)CN1.Cl.Cl. The first-order valence-electron chi connectivity index (χ1n) is 13.6. The average molecular weight is 601 g/mol. The summed E-state index contributed by atoms with van der Waals surface area (Å²) in [6.45, 7) is 10.8. The largest absolute Gasteiger partial charge is 0.378 e. The average Bonchev–Trinajstić information content (AvgIpc) is 3.17. The first-order valence-corrected chi connectivity index (χ1v) is 13.6. The number of hydrogen-bond acceptors (Lipinski definition) is 6. The summed E-state index contributed by atoms with van der Waals surface area (Å²) in [6.07, 6.45) is 2.49. The number of amides is 1. The van der Waals surface area contributed by atoms with Gasteiger partial charge in [0.15, 0.2) is 0 Å². The van der Waals surface area contributed by atoms with Crippen LogP contribution in [0.15, 0.2) is 36.5 Å². The number of pyridine rings is 1. The summed E-state index contributed by atoms with van der Waals surface area (Å²) >= 11 is 0. The summed E-state index contributed by atoms with van der Waals surface area (Å²) in [5.74, 6) is -0.200. The van der Waals surface area contributed by atoms with E-state index >= 15 is 0 Å². The van der Waals surface area contributed by atoms with E-state index < -0.39 is 6.67 Å². The molecule has 0 bridgehead atoms. The molecule has 0 unspecified atom stereocenters. The Morgan fingerprint density at radius 3 is 2.62 bits per heavy atom. The first kappa shape index (κ1) is 32.6. The van der Waals surface area contributed by atoms with Gasteiger partial charge in [0.2, 0.25) is 5.91 Å². The predicted octanol–water partition coefficient (Wildman–Crippen LogP) is 3.61. The molecule has 2 saturated heterocycles. The van der Waals surface area contributed by atoms with E-state index in [1.54, 1.807) is 12.1 Å². The Labute approximate surface area is 248 Å². The number of carbonyl (C=O) groups excluding carboxylic acids is 1. The van der Waals surface area contributed by atoms with Gasteiger partial charge in [0, 0.05) is 56.4 Å². The van der Waals surface area contributed by atoms with Gasteiger partial charge in [0.25, 0.3) is 0 Å². The van der Waals surface area contributed by atoms with Gasteiger partial charge in [-0.25, -0.2) is 8.78 Å². The number of benzene rings is 1. The minimum atomic E-state index is -0.428. The van der Waals surface area contributed by atoms with E-state index in [0.29, 0.717) is 45.8 Å². The van der Waals surface area contributed by atoms with Crippen molar-refractivity contribution >= 4 is 36.4 Å². The van der Waals surface area contributed by atoms with Crippen LogP contribution in [0.4, 0.5) is 14.5 Å². The van der Waals surface area contributed by atoms with Gasteiger partial charge in [0.1, 0.15) is 12.5 Å². The summed E-state index contributed by atoms with van der Waals surface area (Å²) in [5, 5.41) is 3.54. The number of nitrogens with zero attached hydrogens (tertiary/aromatic N) is 4. The van der Waals surface area contributed by atoms with Crippen LogP contribution in [0.25, 0.3) is 0 Å². The molecule has 0 saturated carbocycles. The Morgan fingerprint density at radius 2 is 1.90 bits per heavy atom. The molecule has 1 aromatic heterocycles. The molecule has 3 atom stereocenters. The van der Waals surface area contributed by atoms with Crippen LogP contribution in [0.5, 0.6) is 0 Å². The van der Waals surface area contributed by atoms with E-state index in [2.05, 4.69) is 42.0 Å². The maximum Gasteiger partial charge on any atom is 0.241 e. The number of carbonyl (C=O) groups is 1. The quantitative estimate of drug-likeness (QED) is 0.525. The molecule has 3 aliphatic heterocycles. The summed E-state index contributed by atoms with van der Waals surface area (Å²) < 4.78 is 32.5. The van der Waals surface area contributed by atoms with Crippen molar-refractivity contribution < 1.29 is 18.3 Å². The van der Waals surface area contributed by atoms with Crippen LogP contribution in [0.2, 0.25) is 0 Å². The van der Waals surface area contributed by atoms with Crippen LogP contribution < -0.4 is 10.2 Å². The number of hydrogen-bond donors (Lipinski definition) is 1. The molecular formula is C29H41Cl2F2N5O2. The molecule has 222 valence electrons. The van der Waals surface area contributed by atoms with E-state index in [-0.39, 0.29) is 60.1 Å². The molecule has 5 rings (SSSR count). The van der Waals surface area contributed by atoms with Gasteiger partial charge in [-0.1, -0.05) is 26.0 Å². The van der Waals surface area contributed by atoms with Crippen molar-refractivity contribution in [1.29, 1.82) is 0 Å². The van der Waals surface area contributed by atoms with Gasteiger partial charge in [-0.2, -0.15) is 0 Å². The predicted molar refractivity (Wildman–Crippen MR) is 158 cm³/mol. The molecule has 1 amide bonds. The number of aromatic nitrogens is 1. The van der Waals surface area contributed by atoms with Gasteiger partial charge in [-0.05, 0) is 42.7 Å². The van der Waals surface area contributed by atoms with Crippen LogP contribution in [0, 0.1) is 5.82 Å². The number of ether oxygens (including phenoxy) is 1. The van der Waals surface area contributed by atoms with Gasteiger partial charge >= 0.3 is 0 Å². The highest BCUT2D eigenvalue weighted by Gasteiger charge is 2.41. The molecule has 11 heteroatoms. The van der Waals surface area contributed by atoms with Crippen LogP contribution in [0.1, 0.15) is 37.6 Å². The molecule has 2 fully saturated rings. The Hall–Kier alpha value is -1.88. The lowest BCUT2D eigenvalue weighted by Crippen LogP contribution is -2.62. The second-order valence-electron chi connectivity index (χ2n) is 11.6. The van der Waals surface area contributed by atoms with Crippen LogP contribution in [-0.4, -0.2) is 98.0 Å². The van der Waals surface area contributed by atoms with Crippen LogP contribution >= 0.6 is 24.8 Å². The fourth-order valence-electron chi connectivity index (χ4n) is 5.94. The monoisotopic (exact) mass is 599 g/mol. The first-order chi connectivity index (χ1) is 18.2. The topological polar surface area (TPSA) is 60.9 Å². The van der Waals surface area contributed by atoms with E-state index in [9.17, 15) is 13.6 Å². The van der Waals surface area contributed by atoms with Crippen molar-refractivity contribution in [3.63, 3.8) is 0 Å². The van der Waals surface area contributed by atoms with Gasteiger partial charge in [-0.3, -0.25) is 19.6 Å². The van der Waals surface area contributed by atoms with Crippen LogP contribution in [0.3, 0.4) is 0 Å². The number of piperazine rings is 1. The molecule has 40 heavy (non-hydrogen) atoms. The lowest BCUT2D eigenvalue weighted by molar-refractivity contribution is -0.121. The molecule has 4 heterocycles. The molecule has 0 aliphatic carbocycles. The third kappa shape index (κ3) is 7.30. The van der Waals surface area contributed by atoms with E-state index in [1.165, 1.54) is 12.1 Å². The highest BCUT2D eigenvalue weighted by Crippen LogP contribution is 2.39.